The molecule has 3 N–H and O–H groups in total. The molecular weight excluding hydrogens is 430 g/mol. The smallest absolute Gasteiger partial charge is 0.250 e. The molecule has 0 spiro atoms. The van der Waals surface area contributed by atoms with E-state index in [-0.39, 0.29) is 16.9 Å². The number of benzene rings is 3. The number of hydrogen-bond donors (Lipinski definition) is 3. The van der Waals surface area contributed by atoms with E-state index in [1.54, 1.807) is 42.5 Å². The summed E-state index contributed by atoms with van der Waals surface area (Å²) in [5.74, 6) is -0.445. The van der Waals surface area contributed by atoms with Crippen LogP contribution in [0, 0.1) is 0 Å². The maximum atomic E-state index is 12.1. The maximum absolute atomic E-state index is 12.1. The first-order valence-electron chi connectivity index (χ1n) is 9.47. The van der Waals surface area contributed by atoms with Gasteiger partial charge >= 0.3 is 0 Å². The lowest BCUT2D eigenvalue weighted by molar-refractivity contribution is -0.116. The summed E-state index contributed by atoms with van der Waals surface area (Å²) in [5, 5.41) is 9.18. The quantitative estimate of drug-likeness (QED) is 0.364. The van der Waals surface area contributed by atoms with Crippen LogP contribution in [0.5, 0.6) is 0 Å². The van der Waals surface area contributed by atoms with Gasteiger partial charge in [-0.15, -0.1) is 0 Å². The van der Waals surface area contributed by atoms with E-state index in [0.29, 0.717) is 22.8 Å². The van der Waals surface area contributed by atoms with Crippen LogP contribution in [0.1, 0.15) is 11.1 Å². The Morgan fingerprint density at radius 1 is 0.839 bits per heavy atom. The molecule has 0 aliphatic rings. The van der Waals surface area contributed by atoms with Crippen molar-refractivity contribution in [1.82, 2.24) is 5.32 Å². The van der Waals surface area contributed by atoms with E-state index in [4.69, 9.17) is 23.8 Å². The zero-order valence-electron chi connectivity index (χ0n) is 16.5. The summed E-state index contributed by atoms with van der Waals surface area (Å²) < 4.78 is 0. The minimum atomic E-state index is -0.350. The van der Waals surface area contributed by atoms with Crippen LogP contribution in [0.2, 0.25) is 5.02 Å². The van der Waals surface area contributed by atoms with E-state index in [9.17, 15) is 9.59 Å². The topological polar surface area (TPSA) is 70.2 Å². The molecule has 3 aromatic carbocycles. The van der Waals surface area contributed by atoms with Crippen LogP contribution < -0.4 is 16.0 Å². The molecule has 2 amide bonds. The van der Waals surface area contributed by atoms with Gasteiger partial charge in [-0.25, -0.2) is 0 Å². The second kappa shape index (κ2) is 11.1. The van der Waals surface area contributed by atoms with Gasteiger partial charge in [0, 0.05) is 22.5 Å². The summed E-state index contributed by atoms with van der Waals surface area (Å²) in [6, 6.07) is 23.7. The number of hydrogen-bond acceptors (Lipinski definition) is 3. The lowest BCUT2D eigenvalue weighted by atomic mass is 10.1. The molecule has 0 saturated heterocycles. The van der Waals surface area contributed by atoms with Gasteiger partial charge in [0.05, 0.1) is 6.42 Å². The first-order valence-corrected chi connectivity index (χ1v) is 10.3. The number of rotatable bonds is 6. The number of halogens is 1. The van der Waals surface area contributed by atoms with Crippen molar-refractivity contribution in [3.8, 4) is 0 Å². The van der Waals surface area contributed by atoms with Gasteiger partial charge < -0.3 is 10.6 Å². The van der Waals surface area contributed by atoms with Crippen molar-refractivity contribution in [2.45, 2.75) is 6.42 Å². The van der Waals surface area contributed by atoms with E-state index >= 15 is 0 Å². The maximum Gasteiger partial charge on any atom is 0.250 e. The number of nitrogens with one attached hydrogen (secondary N) is 3. The normalized spacial score (nSPS) is 10.5. The van der Waals surface area contributed by atoms with Gasteiger partial charge in [-0.2, -0.15) is 0 Å². The SMILES string of the molecule is O=C(/C=C/c1ccc(Cl)cc1)NC(=S)Nc1ccc(NC(=O)Cc2ccccc2)cc1. The summed E-state index contributed by atoms with van der Waals surface area (Å²) in [4.78, 5) is 24.1. The molecule has 0 atom stereocenters. The Morgan fingerprint density at radius 3 is 2.10 bits per heavy atom. The Labute approximate surface area is 191 Å². The first-order chi connectivity index (χ1) is 15.0. The molecule has 0 bridgehead atoms. The molecule has 0 aromatic heterocycles. The van der Waals surface area contributed by atoms with Crippen LogP contribution in [-0.4, -0.2) is 16.9 Å². The number of amides is 2. The van der Waals surface area contributed by atoms with Crippen LogP contribution in [-0.2, 0) is 16.0 Å². The molecule has 0 aliphatic carbocycles. The first kappa shape index (κ1) is 22.2. The average Bonchev–Trinajstić information content (AvgIpc) is 2.75. The van der Waals surface area contributed by atoms with Crippen molar-refractivity contribution in [1.29, 1.82) is 0 Å². The molecular formula is C24H20ClN3O2S. The minimum Gasteiger partial charge on any atom is -0.332 e. The van der Waals surface area contributed by atoms with Gasteiger partial charge in [0.15, 0.2) is 5.11 Å². The fourth-order valence-corrected chi connectivity index (χ4v) is 3.03. The fourth-order valence-electron chi connectivity index (χ4n) is 2.69. The summed E-state index contributed by atoms with van der Waals surface area (Å²) >= 11 is 11.0. The van der Waals surface area contributed by atoms with Crippen molar-refractivity contribution in [2.75, 3.05) is 10.6 Å². The van der Waals surface area contributed by atoms with E-state index in [0.717, 1.165) is 11.1 Å². The van der Waals surface area contributed by atoms with E-state index in [1.807, 2.05) is 42.5 Å². The average molecular weight is 450 g/mol. The molecule has 0 unspecified atom stereocenters. The van der Waals surface area contributed by atoms with E-state index in [2.05, 4.69) is 16.0 Å². The highest BCUT2D eigenvalue weighted by Gasteiger charge is 2.05. The lowest BCUT2D eigenvalue weighted by Gasteiger charge is -2.10. The van der Waals surface area contributed by atoms with Gasteiger partial charge in [0.2, 0.25) is 11.8 Å². The Bertz CT molecular complexity index is 1080. The Balaban J connectivity index is 1.46. The lowest BCUT2D eigenvalue weighted by Crippen LogP contribution is -2.32. The Morgan fingerprint density at radius 2 is 1.45 bits per heavy atom. The highest BCUT2D eigenvalue weighted by Crippen LogP contribution is 2.14. The minimum absolute atomic E-state index is 0.0952. The zero-order chi connectivity index (χ0) is 22.1. The highest BCUT2D eigenvalue weighted by molar-refractivity contribution is 7.80. The van der Waals surface area contributed by atoms with Crippen molar-refractivity contribution in [3.63, 3.8) is 0 Å². The standard InChI is InChI=1S/C24H20ClN3O2S/c25-19-9-6-17(7-10-19)8-15-22(29)28-24(31)27-21-13-11-20(12-14-21)26-23(30)16-18-4-2-1-3-5-18/h1-15H,16H2,(H,26,30)(H2,27,28,29,31)/b15-8+. The van der Waals surface area contributed by atoms with Crippen molar-refractivity contribution in [2.24, 2.45) is 0 Å². The molecule has 0 aliphatic heterocycles. The Kier molecular flexibility index (Phi) is 7.92. The van der Waals surface area contributed by atoms with Crippen LogP contribution in [0.4, 0.5) is 11.4 Å². The molecule has 0 saturated carbocycles. The summed E-state index contributed by atoms with van der Waals surface area (Å²) in [6.07, 6.45) is 3.37. The van der Waals surface area contributed by atoms with Gasteiger partial charge in [-0.05, 0) is 65.8 Å². The third-order valence-electron chi connectivity index (χ3n) is 4.17. The molecule has 3 aromatic rings. The van der Waals surface area contributed by atoms with Crippen LogP contribution >= 0.6 is 23.8 Å². The van der Waals surface area contributed by atoms with Gasteiger partial charge in [-0.3, -0.25) is 14.9 Å². The van der Waals surface area contributed by atoms with E-state index in [1.165, 1.54) is 6.08 Å². The third kappa shape index (κ3) is 7.70. The van der Waals surface area contributed by atoms with Gasteiger partial charge in [0.25, 0.3) is 0 Å². The fraction of sp³-hybridized carbons (Fsp3) is 0.0417. The molecule has 5 nitrogen and oxygen atoms in total. The highest BCUT2D eigenvalue weighted by atomic mass is 35.5. The Hall–Kier alpha value is -3.48. The molecule has 0 radical (unpaired) electrons. The van der Waals surface area contributed by atoms with Crippen molar-refractivity contribution >= 4 is 58.2 Å². The number of anilines is 2. The molecule has 156 valence electrons. The van der Waals surface area contributed by atoms with Gasteiger partial charge in [-0.1, -0.05) is 54.1 Å². The largest absolute Gasteiger partial charge is 0.332 e. The second-order valence-corrected chi connectivity index (χ2v) is 7.46. The van der Waals surface area contributed by atoms with Crippen LogP contribution in [0.25, 0.3) is 6.08 Å². The van der Waals surface area contributed by atoms with Crippen molar-refractivity contribution in [3.05, 3.63) is 101 Å². The predicted octanol–water partition coefficient (Wildman–Crippen LogP) is 5.05. The summed E-state index contributed by atoms with van der Waals surface area (Å²) in [7, 11) is 0. The molecule has 0 fully saturated rings. The predicted molar refractivity (Wildman–Crippen MR) is 130 cm³/mol. The zero-order valence-corrected chi connectivity index (χ0v) is 18.0. The summed E-state index contributed by atoms with van der Waals surface area (Å²) in [6.45, 7) is 0. The van der Waals surface area contributed by atoms with Crippen molar-refractivity contribution < 1.29 is 9.59 Å². The van der Waals surface area contributed by atoms with Crippen LogP contribution in [0.15, 0.2) is 84.9 Å². The molecule has 7 heteroatoms. The molecule has 3 rings (SSSR count). The number of thiocarbonyl (C=S) groups is 1. The molecule has 0 heterocycles. The number of carbonyl (C=O) groups excluding carboxylic acids is 2. The van der Waals surface area contributed by atoms with Gasteiger partial charge in [0.1, 0.15) is 0 Å². The summed E-state index contributed by atoms with van der Waals surface area (Å²) in [5.41, 5.74) is 3.16. The third-order valence-corrected chi connectivity index (χ3v) is 4.62. The second-order valence-electron chi connectivity index (χ2n) is 6.62. The molecule has 31 heavy (non-hydrogen) atoms. The van der Waals surface area contributed by atoms with E-state index < -0.39 is 0 Å². The monoisotopic (exact) mass is 449 g/mol. The number of carbonyl (C=O) groups is 2. The van der Waals surface area contributed by atoms with Crippen LogP contribution in [0.3, 0.4) is 0 Å².